The van der Waals surface area contributed by atoms with Crippen molar-refractivity contribution in [1.29, 1.82) is 0 Å². The molecular weight excluding hydrogens is 340 g/mol. The third kappa shape index (κ3) is 5.71. The Labute approximate surface area is 150 Å². The van der Waals surface area contributed by atoms with Gasteiger partial charge in [-0.1, -0.05) is 12.1 Å². The number of sulfonamides is 1. The van der Waals surface area contributed by atoms with E-state index >= 15 is 0 Å². The third-order valence-corrected chi connectivity index (χ3v) is 5.74. The Morgan fingerprint density at radius 3 is 2.76 bits per heavy atom. The van der Waals surface area contributed by atoms with Gasteiger partial charge in [-0.15, -0.1) is 0 Å². The van der Waals surface area contributed by atoms with Gasteiger partial charge in [-0.2, -0.15) is 0 Å². The van der Waals surface area contributed by atoms with Crippen LogP contribution in [0.25, 0.3) is 0 Å². The summed E-state index contributed by atoms with van der Waals surface area (Å²) in [6.07, 6.45) is 4.11. The highest BCUT2D eigenvalue weighted by atomic mass is 32.2. The first-order valence-electron chi connectivity index (χ1n) is 8.71. The van der Waals surface area contributed by atoms with E-state index in [-0.39, 0.29) is 18.6 Å². The van der Waals surface area contributed by atoms with Gasteiger partial charge >= 0.3 is 0 Å². The maximum Gasteiger partial charge on any atom is 0.232 e. The van der Waals surface area contributed by atoms with Gasteiger partial charge in [0.05, 0.1) is 18.0 Å². The first-order chi connectivity index (χ1) is 11.8. The van der Waals surface area contributed by atoms with Crippen LogP contribution in [-0.2, 0) is 19.6 Å². The fraction of sp³-hybridized carbons (Fsp3) is 0.611. The Hall–Kier alpha value is -1.60. The molecule has 2 rings (SSSR count). The molecular formula is C18H28N2O4S. The fourth-order valence-electron chi connectivity index (χ4n) is 2.98. The zero-order valence-corrected chi connectivity index (χ0v) is 16.1. The van der Waals surface area contributed by atoms with Crippen molar-refractivity contribution in [1.82, 2.24) is 5.32 Å². The minimum absolute atomic E-state index is 0.0649. The van der Waals surface area contributed by atoms with Gasteiger partial charge < -0.3 is 10.1 Å². The molecule has 1 amide bonds. The number of carbonyl (C=O) groups is 1. The maximum absolute atomic E-state index is 12.2. The van der Waals surface area contributed by atoms with E-state index < -0.39 is 10.0 Å². The molecule has 7 heteroatoms. The van der Waals surface area contributed by atoms with E-state index in [4.69, 9.17) is 4.74 Å². The van der Waals surface area contributed by atoms with Crippen molar-refractivity contribution in [2.24, 2.45) is 0 Å². The van der Waals surface area contributed by atoms with E-state index in [2.05, 4.69) is 5.32 Å². The van der Waals surface area contributed by atoms with E-state index in [1.165, 1.54) is 10.6 Å². The molecule has 25 heavy (non-hydrogen) atoms. The van der Waals surface area contributed by atoms with Gasteiger partial charge in [0, 0.05) is 26.1 Å². The molecule has 0 aliphatic carbocycles. The molecule has 1 heterocycles. The van der Waals surface area contributed by atoms with Crippen LogP contribution in [0.15, 0.2) is 18.2 Å². The Morgan fingerprint density at radius 1 is 1.36 bits per heavy atom. The maximum atomic E-state index is 12.2. The van der Waals surface area contributed by atoms with Crippen LogP contribution in [0, 0.1) is 13.8 Å². The Bertz CT molecular complexity index is 697. The van der Waals surface area contributed by atoms with Gasteiger partial charge in [0.2, 0.25) is 15.9 Å². The lowest BCUT2D eigenvalue weighted by atomic mass is 10.1. The number of carbonyl (C=O) groups excluding carboxylic acids is 1. The number of hydrogen-bond donors (Lipinski definition) is 1. The quantitative estimate of drug-likeness (QED) is 0.763. The van der Waals surface area contributed by atoms with Crippen LogP contribution in [0.5, 0.6) is 0 Å². The van der Waals surface area contributed by atoms with Crippen LogP contribution in [0.1, 0.15) is 36.8 Å². The number of hydrogen-bond acceptors (Lipinski definition) is 4. The summed E-state index contributed by atoms with van der Waals surface area (Å²) >= 11 is 0. The normalized spacial score (nSPS) is 17.5. The molecule has 1 atom stereocenters. The van der Waals surface area contributed by atoms with Crippen molar-refractivity contribution >= 4 is 21.6 Å². The number of amides is 1. The van der Waals surface area contributed by atoms with Crippen LogP contribution in [0.3, 0.4) is 0 Å². The predicted molar refractivity (Wildman–Crippen MR) is 99.3 cm³/mol. The summed E-state index contributed by atoms with van der Waals surface area (Å²) < 4.78 is 31.2. The number of rotatable bonds is 8. The van der Waals surface area contributed by atoms with Crippen molar-refractivity contribution in [3.05, 3.63) is 29.3 Å². The number of ether oxygens (including phenoxy) is 1. The number of nitrogens with one attached hydrogen (secondary N) is 1. The lowest BCUT2D eigenvalue weighted by Crippen LogP contribution is -2.34. The largest absolute Gasteiger partial charge is 0.376 e. The molecule has 0 bridgehead atoms. The van der Waals surface area contributed by atoms with Gasteiger partial charge in [0.15, 0.2) is 0 Å². The Morgan fingerprint density at radius 2 is 2.12 bits per heavy atom. The summed E-state index contributed by atoms with van der Waals surface area (Å²) in [6.45, 7) is 5.46. The average Bonchev–Trinajstić information content (AvgIpc) is 3.05. The molecule has 1 N–H and O–H groups in total. The van der Waals surface area contributed by atoms with Crippen LogP contribution >= 0.6 is 0 Å². The molecule has 1 aromatic rings. The topological polar surface area (TPSA) is 75.7 Å². The number of anilines is 1. The monoisotopic (exact) mass is 368 g/mol. The summed E-state index contributed by atoms with van der Waals surface area (Å²) in [5.41, 5.74) is 2.67. The second-order valence-electron chi connectivity index (χ2n) is 6.60. The summed E-state index contributed by atoms with van der Waals surface area (Å²) in [4.78, 5) is 12.0. The van der Waals surface area contributed by atoms with E-state index in [0.29, 0.717) is 25.1 Å². The van der Waals surface area contributed by atoms with Crippen molar-refractivity contribution in [3.8, 4) is 0 Å². The minimum atomic E-state index is -3.40. The van der Waals surface area contributed by atoms with Crippen LogP contribution in [0.2, 0.25) is 0 Å². The van der Waals surface area contributed by atoms with Crippen molar-refractivity contribution in [2.75, 3.05) is 30.3 Å². The zero-order valence-electron chi connectivity index (χ0n) is 15.2. The van der Waals surface area contributed by atoms with Crippen molar-refractivity contribution in [2.45, 2.75) is 45.6 Å². The van der Waals surface area contributed by atoms with Crippen LogP contribution in [-0.4, -0.2) is 46.4 Å². The molecule has 6 nitrogen and oxygen atoms in total. The molecule has 140 valence electrons. The van der Waals surface area contributed by atoms with Gasteiger partial charge in [0.1, 0.15) is 0 Å². The van der Waals surface area contributed by atoms with Crippen molar-refractivity contribution in [3.63, 3.8) is 0 Å². The molecule has 1 unspecified atom stereocenters. The molecule has 0 saturated carbocycles. The Kier molecular flexibility index (Phi) is 6.84. The predicted octanol–water partition coefficient (Wildman–Crippen LogP) is 2.14. The highest BCUT2D eigenvalue weighted by Crippen LogP contribution is 2.25. The average molecular weight is 368 g/mol. The summed E-state index contributed by atoms with van der Waals surface area (Å²) in [7, 11) is -3.40. The van der Waals surface area contributed by atoms with Crippen LogP contribution in [0.4, 0.5) is 5.69 Å². The van der Waals surface area contributed by atoms with E-state index in [1.54, 1.807) is 6.07 Å². The van der Waals surface area contributed by atoms with E-state index in [1.807, 2.05) is 26.0 Å². The second kappa shape index (κ2) is 8.67. The first-order valence-corrected chi connectivity index (χ1v) is 10.6. The lowest BCUT2D eigenvalue weighted by Gasteiger charge is -2.25. The molecule has 0 aromatic heterocycles. The zero-order chi connectivity index (χ0) is 18.4. The molecule has 1 fully saturated rings. The molecule has 1 aliphatic heterocycles. The van der Waals surface area contributed by atoms with E-state index in [9.17, 15) is 13.2 Å². The Balaban J connectivity index is 1.90. The number of benzene rings is 1. The smallest absolute Gasteiger partial charge is 0.232 e. The summed E-state index contributed by atoms with van der Waals surface area (Å²) in [6, 6.07) is 5.61. The molecule has 0 radical (unpaired) electrons. The van der Waals surface area contributed by atoms with E-state index in [0.717, 1.165) is 30.6 Å². The van der Waals surface area contributed by atoms with Gasteiger partial charge in [0.25, 0.3) is 0 Å². The molecule has 1 aliphatic rings. The highest BCUT2D eigenvalue weighted by molar-refractivity contribution is 7.92. The number of aryl methyl sites for hydroxylation is 1. The summed E-state index contributed by atoms with van der Waals surface area (Å²) in [5.74, 6) is -0.0649. The van der Waals surface area contributed by atoms with Crippen molar-refractivity contribution < 1.29 is 17.9 Å². The third-order valence-electron chi connectivity index (χ3n) is 4.56. The van der Waals surface area contributed by atoms with Gasteiger partial charge in [-0.25, -0.2) is 8.42 Å². The molecule has 1 saturated heterocycles. The highest BCUT2D eigenvalue weighted by Gasteiger charge is 2.20. The minimum Gasteiger partial charge on any atom is -0.376 e. The molecule has 1 aromatic carbocycles. The first kappa shape index (κ1) is 19.7. The van der Waals surface area contributed by atoms with Gasteiger partial charge in [-0.3, -0.25) is 9.10 Å². The van der Waals surface area contributed by atoms with Gasteiger partial charge in [-0.05, 0) is 50.3 Å². The molecule has 0 spiro atoms. The summed E-state index contributed by atoms with van der Waals surface area (Å²) in [5, 5.41) is 2.87. The standard InChI is InChI=1S/C18H28N2O4S/c1-14-7-4-9-17(15(14)2)20(25(3,22)23)11-5-10-18(21)19-13-16-8-6-12-24-16/h4,7,9,16H,5-6,8,10-13H2,1-3H3,(H,19,21). The SMILES string of the molecule is Cc1cccc(N(CCCC(=O)NCC2CCCO2)S(C)(=O)=O)c1C. The number of nitrogens with zero attached hydrogens (tertiary/aromatic N) is 1. The van der Waals surface area contributed by atoms with Crippen LogP contribution < -0.4 is 9.62 Å². The fourth-order valence-corrected chi connectivity index (χ4v) is 3.99. The second-order valence-corrected chi connectivity index (χ2v) is 8.50. The lowest BCUT2D eigenvalue weighted by molar-refractivity contribution is -0.121.